The van der Waals surface area contributed by atoms with Crippen molar-refractivity contribution in [3.63, 3.8) is 0 Å². The van der Waals surface area contributed by atoms with E-state index >= 15 is 0 Å². The molecule has 3 fully saturated rings. The molecular weight excluding hydrogens is 282 g/mol. The molecule has 0 spiro atoms. The van der Waals surface area contributed by atoms with Gasteiger partial charge in [0.05, 0.1) is 6.10 Å². The van der Waals surface area contributed by atoms with Gasteiger partial charge in [-0.3, -0.25) is 14.5 Å². The number of piperazine rings is 1. The Bertz CT molecular complexity index is 421. The fourth-order valence-corrected chi connectivity index (χ4v) is 3.98. The monoisotopic (exact) mass is 309 g/mol. The quantitative estimate of drug-likeness (QED) is 0.797. The van der Waals surface area contributed by atoms with E-state index in [1.165, 1.54) is 0 Å². The van der Waals surface area contributed by atoms with Gasteiger partial charge in [-0.15, -0.1) is 0 Å². The van der Waals surface area contributed by atoms with Crippen molar-refractivity contribution in [2.24, 2.45) is 0 Å². The SMILES string of the molecule is O=C1CCCN1CCC(=O)N1CCN([C@H]2CCC[C@@H]2O)CC1. The van der Waals surface area contributed by atoms with Crippen molar-refractivity contribution < 1.29 is 14.7 Å². The van der Waals surface area contributed by atoms with Gasteiger partial charge in [0.15, 0.2) is 0 Å². The number of nitrogens with zero attached hydrogens (tertiary/aromatic N) is 3. The topological polar surface area (TPSA) is 64.1 Å². The van der Waals surface area contributed by atoms with Crippen molar-refractivity contribution in [2.75, 3.05) is 39.3 Å². The first-order valence-electron chi connectivity index (χ1n) is 8.63. The Morgan fingerprint density at radius 3 is 2.45 bits per heavy atom. The predicted octanol–water partition coefficient (Wildman–Crippen LogP) is 0.0565. The van der Waals surface area contributed by atoms with Crippen LogP contribution in [0.3, 0.4) is 0 Å². The lowest BCUT2D eigenvalue weighted by Crippen LogP contribution is -2.53. The van der Waals surface area contributed by atoms with Crippen LogP contribution in [0.15, 0.2) is 0 Å². The summed E-state index contributed by atoms with van der Waals surface area (Å²) in [7, 11) is 0. The van der Waals surface area contributed by atoms with Crippen LogP contribution in [0.25, 0.3) is 0 Å². The number of likely N-dealkylation sites (tertiary alicyclic amines) is 1. The van der Waals surface area contributed by atoms with Crippen LogP contribution >= 0.6 is 0 Å². The molecule has 2 heterocycles. The molecule has 2 amide bonds. The number of carbonyl (C=O) groups is 2. The maximum absolute atomic E-state index is 12.3. The van der Waals surface area contributed by atoms with Gasteiger partial charge in [0.25, 0.3) is 0 Å². The van der Waals surface area contributed by atoms with Crippen LogP contribution < -0.4 is 0 Å². The van der Waals surface area contributed by atoms with Crippen LogP contribution in [0.2, 0.25) is 0 Å². The average molecular weight is 309 g/mol. The summed E-state index contributed by atoms with van der Waals surface area (Å²) in [4.78, 5) is 29.9. The Morgan fingerprint density at radius 1 is 1.09 bits per heavy atom. The zero-order valence-electron chi connectivity index (χ0n) is 13.2. The Morgan fingerprint density at radius 2 is 1.86 bits per heavy atom. The molecule has 3 aliphatic rings. The maximum Gasteiger partial charge on any atom is 0.224 e. The number of carbonyl (C=O) groups excluding carboxylic acids is 2. The molecule has 0 aromatic carbocycles. The smallest absolute Gasteiger partial charge is 0.224 e. The van der Waals surface area contributed by atoms with E-state index in [4.69, 9.17) is 0 Å². The van der Waals surface area contributed by atoms with Crippen molar-refractivity contribution in [1.29, 1.82) is 0 Å². The Balaban J connectivity index is 1.41. The van der Waals surface area contributed by atoms with Gasteiger partial charge in [0, 0.05) is 58.2 Å². The van der Waals surface area contributed by atoms with Crippen LogP contribution in [0.1, 0.15) is 38.5 Å². The van der Waals surface area contributed by atoms with Gasteiger partial charge in [0.1, 0.15) is 0 Å². The first kappa shape index (κ1) is 15.7. The number of hydrogen-bond donors (Lipinski definition) is 1. The minimum atomic E-state index is -0.191. The second-order valence-electron chi connectivity index (χ2n) is 6.72. The number of aliphatic hydroxyl groups is 1. The van der Waals surface area contributed by atoms with Crippen LogP contribution in [0.5, 0.6) is 0 Å². The summed E-state index contributed by atoms with van der Waals surface area (Å²) in [6.07, 6.45) is 4.90. The van der Waals surface area contributed by atoms with E-state index in [2.05, 4.69) is 4.90 Å². The third-order valence-corrected chi connectivity index (χ3v) is 5.35. The molecule has 0 unspecified atom stereocenters. The highest BCUT2D eigenvalue weighted by molar-refractivity contribution is 5.80. The van der Waals surface area contributed by atoms with Crippen molar-refractivity contribution >= 4 is 11.8 Å². The summed E-state index contributed by atoms with van der Waals surface area (Å²) in [6.45, 7) is 4.58. The van der Waals surface area contributed by atoms with Gasteiger partial charge in [-0.25, -0.2) is 0 Å². The van der Waals surface area contributed by atoms with Gasteiger partial charge in [-0.1, -0.05) is 0 Å². The second-order valence-corrected chi connectivity index (χ2v) is 6.72. The molecule has 2 saturated heterocycles. The van der Waals surface area contributed by atoms with Crippen molar-refractivity contribution in [3.05, 3.63) is 0 Å². The second kappa shape index (κ2) is 6.96. The van der Waals surface area contributed by atoms with Gasteiger partial charge in [-0.05, 0) is 25.7 Å². The molecule has 1 saturated carbocycles. The molecule has 1 aliphatic carbocycles. The molecule has 1 N–H and O–H groups in total. The molecule has 0 bridgehead atoms. The van der Waals surface area contributed by atoms with Crippen LogP contribution in [0, 0.1) is 0 Å². The lowest BCUT2D eigenvalue weighted by Gasteiger charge is -2.39. The zero-order valence-corrected chi connectivity index (χ0v) is 13.2. The van der Waals surface area contributed by atoms with Crippen molar-refractivity contribution in [1.82, 2.24) is 14.7 Å². The summed E-state index contributed by atoms with van der Waals surface area (Å²) in [5.41, 5.74) is 0. The van der Waals surface area contributed by atoms with Crippen LogP contribution in [-0.2, 0) is 9.59 Å². The molecule has 22 heavy (non-hydrogen) atoms. The molecular formula is C16H27N3O3. The van der Waals surface area contributed by atoms with E-state index in [1.807, 2.05) is 9.80 Å². The lowest BCUT2D eigenvalue weighted by molar-refractivity contribution is -0.134. The van der Waals surface area contributed by atoms with E-state index in [9.17, 15) is 14.7 Å². The highest BCUT2D eigenvalue weighted by atomic mass is 16.3. The van der Waals surface area contributed by atoms with E-state index in [0.29, 0.717) is 25.4 Å². The van der Waals surface area contributed by atoms with Gasteiger partial charge in [0.2, 0.25) is 11.8 Å². The first-order chi connectivity index (χ1) is 10.6. The van der Waals surface area contributed by atoms with Gasteiger partial charge < -0.3 is 14.9 Å². The fourth-order valence-electron chi connectivity index (χ4n) is 3.98. The molecule has 0 aromatic rings. The minimum Gasteiger partial charge on any atom is -0.391 e. The molecule has 0 aromatic heterocycles. The zero-order chi connectivity index (χ0) is 15.5. The van der Waals surface area contributed by atoms with Crippen LogP contribution in [0.4, 0.5) is 0 Å². The summed E-state index contributed by atoms with van der Waals surface area (Å²) >= 11 is 0. The Kier molecular flexibility index (Phi) is 4.98. The fraction of sp³-hybridized carbons (Fsp3) is 0.875. The van der Waals surface area contributed by atoms with E-state index < -0.39 is 0 Å². The number of rotatable bonds is 4. The molecule has 6 nitrogen and oxygen atoms in total. The summed E-state index contributed by atoms with van der Waals surface area (Å²) in [6, 6.07) is 0.291. The van der Waals surface area contributed by atoms with Crippen LogP contribution in [-0.4, -0.2) is 83.0 Å². The van der Waals surface area contributed by atoms with Crippen molar-refractivity contribution in [2.45, 2.75) is 50.7 Å². The third kappa shape index (κ3) is 3.43. The minimum absolute atomic E-state index is 0.159. The third-order valence-electron chi connectivity index (χ3n) is 5.35. The molecule has 6 heteroatoms. The predicted molar refractivity (Wildman–Crippen MR) is 82.2 cm³/mol. The normalized spacial score (nSPS) is 30.3. The molecule has 3 rings (SSSR count). The largest absolute Gasteiger partial charge is 0.391 e. The molecule has 0 radical (unpaired) electrons. The summed E-state index contributed by atoms with van der Waals surface area (Å²) in [5, 5.41) is 9.99. The van der Waals surface area contributed by atoms with E-state index in [1.54, 1.807) is 0 Å². The van der Waals surface area contributed by atoms with Gasteiger partial charge >= 0.3 is 0 Å². The standard InChI is InChI=1S/C16H27N3O3/c20-14-4-1-3-13(14)17-9-11-19(12-10-17)16(22)6-8-18-7-2-5-15(18)21/h13-14,20H,1-12H2/t13-,14-/m0/s1. The molecule has 2 atom stereocenters. The molecule has 2 aliphatic heterocycles. The van der Waals surface area contributed by atoms with Crippen molar-refractivity contribution in [3.8, 4) is 0 Å². The highest BCUT2D eigenvalue weighted by Gasteiger charge is 2.33. The maximum atomic E-state index is 12.3. The molecule has 124 valence electrons. The highest BCUT2D eigenvalue weighted by Crippen LogP contribution is 2.25. The first-order valence-corrected chi connectivity index (χ1v) is 8.63. The number of hydrogen-bond acceptors (Lipinski definition) is 4. The average Bonchev–Trinajstić information content (AvgIpc) is 3.13. The van der Waals surface area contributed by atoms with Gasteiger partial charge in [-0.2, -0.15) is 0 Å². The lowest BCUT2D eigenvalue weighted by atomic mass is 10.1. The number of aliphatic hydroxyl groups excluding tert-OH is 1. The Labute approximate surface area is 132 Å². The van der Waals surface area contributed by atoms with E-state index in [0.717, 1.165) is 58.4 Å². The van der Waals surface area contributed by atoms with E-state index in [-0.39, 0.29) is 17.9 Å². The Hall–Kier alpha value is -1.14. The number of amides is 2. The summed E-state index contributed by atoms with van der Waals surface area (Å²) in [5.74, 6) is 0.346. The summed E-state index contributed by atoms with van der Waals surface area (Å²) < 4.78 is 0.